The van der Waals surface area contributed by atoms with Crippen LogP contribution in [0.15, 0.2) is 24.3 Å². The van der Waals surface area contributed by atoms with Crippen LogP contribution >= 0.6 is 0 Å². The minimum Gasteiger partial charge on any atom is -0.366 e. The summed E-state index contributed by atoms with van der Waals surface area (Å²) in [4.78, 5) is 35.1. The summed E-state index contributed by atoms with van der Waals surface area (Å²) < 4.78 is 0. The standard InChI is InChI=1S/C18H23N3O3/c1-10(15-9-11-2-3-13(15)8-11)20-17(23)18(24)21-14-6-4-12(5-7-14)16(19)22/h4-7,10-11,13,15H,2-3,8-9H2,1H3,(H2,19,22)(H,20,23)(H,21,24). The largest absolute Gasteiger partial charge is 0.366 e. The average molecular weight is 329 g/mol. The van der Waals surface area contributed by atoms with E-state index in [-0.39, 0.29) is 6.04 Å². The monoisotopic (exact) mass is 329 g/mol. The summed E-state index contributed by atoms with van der Waals surface area (Å²) in [5, 5.41) is 5.37. The summed E-state index contributed by atoms with van der Waals surface area (Å²) in [6, 6.07) is 6.12. The van der Waals surface area contributed by atoms with Gasteiger partial charge in [-0.05, 0) is 68.2 Å². The molecule has 24 heavy (non-hydrogen) atoms. The lowest BCUT2D eigenvalue weighted by atomic mass is 9.84. The number of fused-ring (bicyclic) bond motifs is 2. The van der Waals surface area contributed by atoms with Gasteiger partial charge in [-0.1, -0.05) is 6.42 Å². The van der Waals surface area contributed by atoms with Crippen LogP contribution in [0.25, 0.3) is 0 Å². The third-order valence-electron chi connectivity index (χ3n) is 5.43. The second kappa shape index (κ2) is 6.63. The van der Waals surface area contributed by atoms with Crippen LogP contribution in [-0.4, -0.2) is 23.8 Å². The van der Waals surface area contributed by atoms with Gasteiger partial charge in [0.15, 0.2) is 0 Å². The smallest absolute Gasteiger partial charge is 0.313 e. The molecule has 0 heterocycles. The summed E-state index contributed by atoms with van der Waals surface area (Å²) >= 11 is 0. The molecule has 4 unspecified atom stereocenters. The lowest BCUT2D eigenvalue weighted by molar-refractivity contribution is -0.136. The second-order valence-corrected chi connectivity index (χ2v) is 7.00. The van der Waals surface area contributed by atoms with Crippen LogP contribution in [0.5, 0.6) is 0 Å². The highest BCUT2D eigenvalue weighted by molar-refractivity contribution is 6.39. The Morgan fingerprint density at radius 1 is 1.08 bits per heavy atom. The van der Waals surface area contributed by atoms with Crippen molar-refractivity contribution in [1.29, 1.82) is 0 Å². The van der Waals surface area contributed by atoms with Crippen molar-refractivity contribution in [2.45, 2.75) is 38.6 Å². The van der Waals surface area contributed by atoms with Crippen molar-refractivity contribution in [3.8, 4) is 0 Å². The molecule has 3 amide bonds. The highest BCUT2D eigenvalue weighted by atomic mass is 16.2. The van der Waals surface area contributed by atoms with E-state index in [2.05, 4.69) is 10.6 Å². The molecular weight excluding hydrogens is 306 g/mol. The summed E-state index contributed by atoms with van der Waals surface area (Å²) in [7, 11) is 0. The summed E-state index contributed by atoms with van der Waals surface area (Å²) in [6.07, 6.45) is 4.98. The molecule has 4 atom stereocenters. The molecule has 2 aliphatic carbocycles. The Kier molecular flexibility index (Phi) is 4.55. The quantitative estimate of drug-likeness (QED) is 0.732. The minimum absolute atomic E-state index is 0.00999. The molecule has 2 bridgehead atoms. The zero-order valence-electron chi connectivity index (χ0n) is 13.7. The Bertz CT molecular complexity index is 656. The SMILES string of the molecule is CC(NC(=O)C(=O)Nc1ccc(C(N)=O)cc1)C1CC2CCC1C2. The van der Waals surface area contributed by atoms with Gasteiger partial charge in [-0.25, -0.2) is 0 Å². The fourth-order valence-corrected chi connectivity index (χ4v) is 4.19. The molecule has 3 rings (SSSR count). The first-order chi connectivity index (χ1) is 11.4. The maximum absolute atomic E-state index is 12.1. The molecule has 2 aliphatic rings. The van der Waals surface area contributed by atoms with E-state index in [9.17, 15) is 14.4 Å². The van der Waals surface area contributed by atoms with E-state index in [4.69, 9.17) is 5.73 Å². The van der Waals surface area contributed by atoms with E-state index < -0.39 is 17.7 Å². The average Bonchev–Trinajstić information content (AvgIpc) is 3.18. The molecule has 1 aromatic carbocycles. The number of carbonyl (C=O) groups is 3. The highest BCUT2D eigenvalue weighted by Crippen LogP contribution is 2.49. The molecule has 1 aromatic rings. The fraction of sp³-hybridized carbons (Fsp3) is 0.500. The van der Waals surface area contributed by atoms with Gasteiger partial charge in [-0.15, -0.1) is 0 Å². The minimum atomic E-state index is -0.697. The fourth-order valence-electron chi connectivity index (χ4n) is 4.19. The number of carbonyl (C=O) groups excluding carboxylic acids is 3. The highest BCUT2D eigenvalue weighted by Gasteiger charge is 2.42. The second-order valence-electron chi connectivity index (χ2n) is 7.00. The number of primary amides is 1. The lowest BCUT2D eigenvalue weighted by Gasteiger charge is -2.28. The van der Waals surface area contributed by atoms with Crippen molar-refractivity contribution in [2.75, 3.05) is 5.32 Å². The molecular formula is C18H23N3O3. The number of nitrogens with one attached hydrogen (secondary N) is 2. The maximum atomic E-state index is 12.1. The molecule has 6 nitrogen and oxygen atoms in total. The molecule has 128 valence electrons. The Morgan fingerprint density at radius 3 is 2.33 bits per heavy atom. The van der Waals surface area contributed by atoms with Crippen molar-refractivity contribution < 1.29 is 14.4 Å². The van der Waals surface area contributed by atoms with Gasteiger partial charge in [0.25, 0.3) is 0 Å². The third-order valence-corrected chi connectivity index (χ3v) is 5.43. The number of hydrogen-bond donors (Lipinski definition) is 3. The summed E-state index contributed by atoms with van der Waals surface area (Å²) in [6.45, 7) is 1.98. The molecule has 2 fully saturated rings. The van der Waals surface area contributed by atoms with E-state index in [0.29, 0.717) is 23.1 Å². The normalized spacial score (nSPS) is 26.0. The molecule has 0 aliphatic heterocycles. The molecule has 0 aromatic heterocycles. The number of amides is 3. The van der Waals surface area contributed by atoms with E-state index in [1.165, 1.54) is 31.4 Å². The first-order valence-electron chi connectivity index (χ1n) is 8.45. The van der Waals surface area contributed by atoms with Crippen molar-refractivity contribution in [3.63, 3.8) is 0 Å². The van der Waals surface area contributed by atoms with Crippen LogP contribution < -0.4 is 16.4 Å². The molecule has 0 saturated heterocycles. The van der Waals surface area contributed by atoms with E-state index >= 15 is 0 Å². The van der Waals surface area contributed by atoms with Crippen molar-refractivity contribution >= 4 is 23.4 Å². The van der Waals surface area contributed by atoms with Gasteiger partial charge in [-0.2, -0.15) is 0 Å². The number of benzene rings is 1. The number of nitrogens with two attached hydrogens (primary N) is 1. The van der Waals surface area contributed by atoms with Crippen LogP contribution in [0.1, 0.15) is 43.0 Å². The van der Waals surface area contributed by atoms with Gasteiger partial charge in [0, 0.05) is 17.3 Å². The van der Waals surface area contributed by atoms with Crippen molar-refractivity contribution in [2.24, 2.45) is 23.5 Å². The van der Waals surface area contributed by atoms with Crippen LogP contribution in [0.2, 0.25) is 0 Å². The first kappa shape index (κ1) is 16.5. The summed E-state index contributed by atoms with van der Waals surface area (Å²) in [5.74, 6) is 0.119. The molecule has 0 spiro atoms. The molecule has 0 radical (unpaired) electrons. The zero-order valence-corrected chi connectivity index (χ0v) is 13.7. The molecule has 6 heteroatoms. The number of anilines is 1. The summed E-state index contributed by atoms with van der Waals surface area (Å²) in [5.41, 5.74) is 5.96. The van der Waals surface area contributed by atoms with Gasteiger partial charge in [0.05, 0.1) is 0 Å². The Balaban J connectivity index is 1.53. The number of rotatable bonds is 4. The van der Waals surface area contributed by atoms with Crippen LogP contribution in [0.3, 0.4) is 0 Å². The van der Waals surface area contributed by atoms with Crippen LogP contribution in [-0.2, 0) is 9.59 Å². The van der Waals surface area contributed by atoms with E-state index in [0.717, 1.165) is 12.3 Å². The lowest BCUT2D eigenvalue weighted by Crippen LogP contribution is -2.45. The van der Waals surface area contributed by atoms with Gasteiger partial charge >= 0.3 is 11.8 Å². The topological polar surface area (TPSA) is 101 Å². The zero-order chi connectivity index (χ0) is 17.3. The Hall–Kier alpha value is -2.37. The van der Waals surface area contributed by atoms with E-state index in [1.54, 1.807) is 12.1 Å². The predicted octanol–water partition coefficient (Wildman–Crippen LogP) is 1.66. The first-order valence-corrected chi connectivity index (χ1v) is 8.45. The number of hydrogen-bond acceptors (Lipinski definition) is 3. The van der Waals surface area contributed by atoms with Gasteiger partial charge in [0.1, 0.15) is 0 Å². The van der Waals surface area contributed by atoms with E-state index in [1.807, 2.05) is 6.92 Å². The predicted molar refractivity (Wildman–Crippen MR) is 90.1 cm³/mol. The van der Waals surface area contributed by atoms with Crippen molar-refractivity contribution in [1.82, 2.24) is 5.32 Å². The van der Waals surface area contributed by atoms with Crippen molar-refractivity contribution in [3.05, 3.63) is 29.8 Å². The Morgan fingerprint density at radius 2 is 1.79 bits per heavy atom. The van der Waals surface area contributed by atoms with Gasteiger partial charge in [0.2, 0.25) is 5.91 Å². The maximum Gasteiger partial charge on any atom is 0.313 e. The molecule has 2 saturated carbocycles. The molecule has 4 N–H and O–H groups in total. The van der Waals surface area contributed by atoms with Crippen LogP contribution in [0.4, 0.5) is 5.69 Å². The Labute approximate surface area is 141 Å². The van der Waals surface area contributed by atoms with Gasteiger partial charge < -0.3 is 16.4 Å². The van der Waals surface area contributed by atoms with Crippen LogP contribution in [0, 0.1) is 17.8 Å². The van der Waals surface area contributed by atoms with Gasteiger partial charge in [-0.3, -0.25) is 14.4 Å². The third kappa shape index (κ3) is 3.42.